The number of methoxy groups -OCH3 is 1. The highest BCUT2D eigenvalue weighted by Crippen LogP contribution is 2.46. The molecule has 2 aromatic carbocycles. The summed E-state index contributed by atoms with van der Waals surface area (Å²) in [5.41, 5.74) is 1.25. The summed E-state index contributed by atoms with van der Waals surface area (Å²) in [6, 6.07) is 12.5. The lowest BCUT2D eigenvalue weighted by Gasteiger charge is -2.46. The Hall–Kier alpha value is -4.45. The number of benzene rings is 2. The van der Waals surface area contributed by atoms with E-state index in [1.807, 2.05) is 6.07 Å². The zero-order valence-electron chi connectivity index (χ0n) is 21.5. The molecule has 2 aliphatic heterocycles. The largest absolute Gasteiger partial charge is 0.508 e. The van der Waals surface area contributed by atoms with Crippen molar-refractivity contribution in [1.82, 2.24) is 4.90 Å². The van der Waals surface area contributed by atoms with E-state index >= 15 is 0 Å². The van der Waals surface area contributed by atoms with Crippen LogP contribution in [0.1, 0.15) is 24.5 Å². The molecule has 0 aromatic heterocycles. The first kappa shape index (κ1) is 28.6. The monoisotopic (exact) mass is 572 g/mol. The summed E-state index contributed by atoms with van der Waals surface area (Å²) >= 11 is 6.25. The fourth-order valence-electron chi connectivity index (χ4n) is 4.76. The van der Waals surface area contributed by atoms with E-state index in [2.05, 4.69) is 0 Å². The molecule has 2 aliphatic rings. The molecular formula is C27H25ClN2O10. The van der Waals surface area contributed by atoms with Crippen LogP contribution in [0.3, 0.4) is 0 Å². The van der Waals surface area contributed by atoms with E-state index in [9.17, 15) is 29.3 Å². The molecule has 13 heteroatoms. The second kappa shape index (κ2) is 12.2. The molecule has 1 amide bonds. The van der Waals surface area contributed by atoms with Crippen molar-refractivity contribution in [3.63, 3.8) is 0 Å². The number of nitro benzene ring substituents is 1. The molecule has 12 nitrogen and oxygen atoms in total. The van der Waals surface area contributed by atoms with Gasteiger partial charge in [-0.3, -0.25) is 14.9 Å². The molecule has 4 unspecified atom stereocenters. The van der Waals surface area contributed by atoms with Gasteiger partial charge in [-0.1, -0.05) is 41.9 Å². The molecule has 2 fully saturated rings. The first-order chi connectivity index (χ1) is 19.1. The Morgan fingerprint density at radius 3 is 2.30 bits per heavy atom. The molecule has 0 radical (unpaired) electrons. The number of esters is 2. The van der Waals surface area contributed by atoms with Gasteiger partial charge in [0.15, 0.2) is 6.04 Å². The molecule has 4 atom stereocenters. The van der Waals surface area contributed by atoms with Gasteiger partial charge in [0.1, 0.15) is 24.4 Å². The first-order valence-corrected chi connectivity index (χ1v) is 12.6. The van der Waals surface area contributed by atoms with Crippen LogP contribution in [0.5, 0.6) is 0 Å². The Bertz CT molecular complexity index is 1340. The summed E-state index contributed by atoms with van der Waals surface area (Å²) in [7, 11) is 1.13. The van der Waals surface area contributed by atoms with Gasteiger partial charge in [0.05, 0.1) is 24.0 Å². The summed E-state index contributed by atoms with van der Waals surface area (Å²) in [6.45, 7) is 1.29. The number of carbonyl (C=O) groups is 4. The number of carbonyl (C=O) groups excluding carboxylic acids is 4. The fourth-order valence-corrected chi connectivity index (χ4v) is 5.02. The lowest BCUT2D eigenvalue weighted by Crippen LogP contribution is -2.65. The molecule has 4 rings (SSSR count). The van der Waals surface area contributed by atoms with E-state index in [1.165, 1.54) is 36.1 Å². The molecular weight excluding hydrogens is 548 g/mol. The van der Waals surface area contributed by atoms with Gasteiger partial charge in [-0.15, -0.1) is 0 Å². The van der Waals surface area contributed by atoms with E-state index in [-0.39, 0.29) is 35.9 Å². The zero-order valence-corrected chi connectivity index (χ0v) is 22.2. The predicted molar refractivity (Wildman–Crippen MR) is 137 cm³/mol. The molecule has 0 aliphatic carbocycles. The summed E-state index contributed by atoms with van der Waals surface area (Å²) in [4.78, 5) is 62.3. The second-order valence-electron chi connectivity index (χ2n) is 9.15. The zero-order chi connectivity index (χ0) is 29.0. The van der Waals surface area contributed by atoms with Crippen LogP contribution in [-0.4, -0.2) is 59.1 Å². The maximum absolute atomic E-state index is 13.2. The first-order valence-electron chi connectivity index (χ1n) is 12.2. The second-order valence-corrected chi connectivity index (χ2v) is 9.53. The van der Waals surface area contributed by atoms with Gasteiger partial charge in [0.2, 0.25) is 5.91 Å². The SMILES string of the molecule is COC(=O)C(Cl)=C1CC2C(C(C)OC(=O)OCc3ccccc3)C(=O)N2C1C(=O)OCc1ccc([N+](=O)[O-])cc1. The van der Waals surface area contributed by atoms with Crippen molar-refractivity contribution in [3.05, 3.63) is 86.4 Å². The lowest BCUT2D eigenvalue weighted by molar-refractivity contribution is -0.384. The molecule has 40 heavy (non-hydrogen) atoms. The van der Waals surface area contributed by atoms with Crippen LogP contribution in [0.2, 0.25) is 0 Å². The molecule has 210 valence electrons. The number of rotatable bonds is 9. The third-order valence-electron chi connectivity index (χ3n) is 6.73. The molecule has 0 saturated carbocycles. The van der Waals surface area contributed by atoms with E-state index in [1.54, 1.807) is 24.3 Å². The fraction of sp³-hybridized carbons (Fsp3) is 0.333. The van der Waals surface area contributed by atoms with Crippen molar-refractivity contribution < 1.29 is 43.0 Å². The Morgan fingerprint density at radius 1 is 1.05 bits per heavy atom. The molecule has 2 saturated heterocycles. The molecule has 0 spiro atoms. The minimum atomic E-state index is -1.30. The lowest BCUT2D eigenvalue weighted by atomic mass is 9.83. The smallest absolute Gasteiger partial charge is 0.465 e. The minimum absolute atomic E-state index is 0.00907. The van der Waals surface area contributed by atoms with Crippen LogP contribution >= 0.6 is 11.6 Å². The van der Waals surface area contributed by atoms with Crippen molar-refractivity contribution in [2.24, 2.45) is 5.92 Å². The Morgan fingerprint density at radius 2 is 1.68 bits per heavy atom. The van der Waals surface area contributed by atoms with Crippen molar-refractivity contribution in [3.8, 4) is 0 Å². The third-order valence-corrected chi connectivity index (χ3v) is 7.13. The maximum atomic E-state index is 13.2. The van der Waals surface area contributed by atoms with Gasteiger partial charge in [-0.2, -0.15) is 0 Å². The number of ether oxygens (including phenoxy) is 4. The number of nitro groups is 1. The number of halogens is 1. The molecule has 2 aromatic rings. The number of amides is 1. The van der Waals surface area contributed by atoms with E-state index < -0.39 is 53.0 Å². The quantitative estimate of drug-likeness (QED) is 0.109. The average molecular weight is 573 g/mol. The minimum Gasteiger partial charge on any atom is -0.465 e. The van der Waals surface area contributed by atoms with Crippen molar-refractivity contribution in [1.29, 1.82) is 0 Å². The summed E-state index contributed by atoms with van der Waals surface area (Å²) in [6.07, 6.45) is -1.80. The predicted octanol–water partition coefficient (Wildman–Crippen LogP) is 3.65. The topological polar surface area (TPSA) is 152 Å². The van der Waals surface area contributed by atoms with Gasteiger partial charge in [-0.25, -0.2) is 14.4 Å². The molecule has 2 heterocycles. The van der Waals surface area contributed by atoms with Gasteiger partial charge >= 0.3 is 18.1 Å². The number of non-ortho nitro benzene ring substituents is 1. The normalized spacial score (nSPS) is 21.4. The van der Waals surface area contributed by atoms with Gasteiger partial charge in [0.25, 0.3) is 5.69 Å². The maximum Gasteiger partial charge on any atom is 0.508 e. The van der Waals surface area contributed by atoms with Gasteiger partial charge in [0, 0.05) is 12.1 Å². The van der Waals surface area contributed by atoms with Crippen LogP contribution in [0, 0.1) is 16.0 Å². The number of β-lactam (4-membered cyclic amide) rings is 1. The van der Waals surface area contributed by atoms with E-state index in [4.69, 9.17) is 30.5 Å². The van der Waals surface area contributed by atoms with Crippen LogP contribution < -0.4 is 0 Å². The Labute approximate surface area is 233 Å². The Kier molecular flexibility index (Phi) is 8.68. The summed E-state index contributed by atoms with van der Waals surface area (Å²) in [5, 5.41) is 10.5. The van der Waals surface area contributed by atoms with Crippen LogP contribution in [0.4, 0.5) is 10.5 Å². The number of fused-ring (bicyclic) bond motifs is 1. The van der Waals surface area contributed by atoms with Crippen LogP contribution in [0.25, 0.3) is 0 Å². The number of hydrogen-bond donors (Lipinski definition) is 0. The number of hydrogen-bond acceptors (Lipinski definition) is 10. The van der Waals surface area contributed by atoms with Gasteiger partial charge < -0.3 is 23.8 Å². The van der Waals surface area contributed by atoms with Gasteiger partial charge in [-0.05, 0) is 42.2 Å². The number of nitrogens with zero attached hydrogens (tertiary/aromatic N) is 2. The highest BCUT2D eigenvalue weighted by molar-refractivity contribution is 6.42. The van der Waals surface area contributed by atoms with Crippen molar-refractivity contribution in [2.45, 2.75) is 44.7 Å². The highest BCUT2D eigenvalue weighted by Gasteiger charge is 2.61. The van der Waals surface area contributed by atoms with E-state index in [0.717, 1.165) is 12.7 Å². The van der Waals surface area contributed by atoms with Crippen molar-refractivity contribution in [2.75, 3.05) is 7.11 Å². The Balaban J connectivity index is 1.45. The molecule has 0 N–H and O–H groups in total. The van der Waals surface area contributed by atoms with Crippen LogP contribution in [-0.2, 0) is 46.5 Å². The van der Waals surface area contributed by atoms with Crippen molar-refractivity contribution >= 4 is 41.3 Å². The van der Waals surface area contributed by atoms with E-state index in [0.29, 0.717) is 5.56 Å². The van der Waals surface area contributed by atoms with Crippen LogP contribution in [0.15, 0.2) is 65.2 Å². The summed E-state index contributed by atoms with van der Waals surface area (Å²) in [5.74, 6) is -3.03. The average Bonchev–Trinajstić information content (AvgIpc) is 3.29. The molecule has 0 bridgehead atoms. The third kappa shape index (κ3) is 5.91. The highest BCUT2D eigenvalue weighted by atomic mass is 35.5. The summed E-state index contributed by atoms with van der Waals surface area (Å²) < 4.78 is 20.6. The standard InChI is InChI=1S/C27H25ClN2O10/c1-15(40-27(34)39-14-16-6-4-3-5-7-16)21-20-12-19(22(28)25(32)37-2)23(29(20)24(21)31)26(33)38-13-17-8-10-18(11-9-17)30(35)36/h3-11,15,20-21,23H,12-14H2,1-2H3.